The summed E-state index contributed by atoms with van der Waals surface area (Å²) in [7, 11) is 3.19. The minimum absolute atomic E-state index is 0.0758. The minimum Gasteiger partial charge on any atom is -0.493 e. The number of carbonyl (C=O) groups is 1. The van der Waals surface area contributed by atoms with Gasteiger partial charge in [0, 0.05) is 28.6 Å². The van der Waals surface area contributed by atoms with Crippen LogP contribution in [0.5, 0.6) is 11.5 Å². The molecular weight excluding hydrogens is 366 g/mol. The van der Waals surface area contributed by atoms with Crippen molar-refractivity contribution in [3.05, 3.63) is 65.1 Å². The third kappa shape index (κ3) is 3.02. The lowest BCUT2D eigenvalue weighted by Crippen LogP contribution is -2.25. The summed E-state index contributed by atoms with van der Waals surface area (Å²) in [5.74, 6) is 1.59. The zero-order chi connectivity index (χ0) is 19.0. The summed E-state index contributed by atoms with van der Waals surface area (Å²) in [6.45, 7) is 0. The van der Waals surface area contributed by atoms with Gasteiger partial charge >= 0.3 is 0 Å². The molecule has 0 aliphatic carbocycles. The molecule has 0 saturated heterocycles. The molecule has 0 spiro atoms. The molecule has 1 atom stereocenters. The lowest BCUT2D eigenvalue weighted by Gasteiger charge is -2.25. The number of benzene rings is 2. The van der Waals surface area contributed by atoms with Gasteiger partial charge in [0.2, 0.25) is 5.91 Å². The summed E-state index contributed by atoms with van der Waals surface area (Å²) in [5, 5.41) is 3.59. The van der Waals surface area contributed by atoms with Gasteiger partial charge in [-0.2, -0.15) is 0 Å². The van der Waals surface area contributed by atoms with Crippen molar-refractivity contribution in [2.75, 3.05) is 19.5 Å². The van der Waals surface area contributed by atoms with Gasteiger partial charge in [-0.05, 0) is 30.3 Å². The molecular formula is C20H18ClN3O3. The van der Waals surface area contributed by atoms with Gasteiger partial charge in [0.15, 0.2) is 11.5 Å². The predicted octanol–water partition coefficient (Wildman–Crippen LogP) is 4.02. The summed E-state index contributed by atoms with van der Waals surface area (Å²) in [6.07, 6.45) is 1.99. The van der Waals surface area contributed by atoms with Crippen LogP contribution in [0, 0.1) is 0 Å². The quantitative estimate of drug-likeness (QED) is 0.739. The largest absolute Gasteiger partial charge is 0.493 e. The first kappa shape index (κ1) is 17.4. The van der Waals surface area contributed by atoms with Gasteiger partial charge in [0.1, 0.15) is 12.1 Å². The molecule has 1 aromatic heterocycles. The van der Waals surface area contributed by atoms with Gasteiger partial charge in [-0.1, -0.05) is 23.7 Å². The van der Waals surface area contributed by atoms with Crippen molar-refractivity contribution in [1.29, 1.82) is 0 Å². The van der Waals surface area contributed by atoms with Gasteiger partial charge in [0.05, 0.1) is 19.9 Å². The van der Waals surface area contributed by atoms with Gasteiger partial charge in [0.25, 0.3) is 0 Å². The van der Waals surface area contributed by atoms with Gasteiger partial charge in [-0.15, -0.1) is 0 Å². The number of para-hydroxylation sites is 1. The molecule has 1 N–H and O–H groups in total. The summed E-state index contributed by atoms with van der Waals surface area (Å²) < 4.78 is 12.8. The molecule has 1 aliphatic heterocycles. The fourth-order valence-electron chi connectivity index (χ4n) is 3.45. The Morgan fingerprint density at radius 2 is 1.93 bits per heavy atom. The number of nitrogens with one attached hydrogen (secondary N) is 1. The van der Waals surface area contributed by atoms with E-state index >= 15 is 0 Å². The molecule has 0 radical (unpaired) electrons. The predicted molar refractivity (Wildman–Crippen MR) is 103 cm³/mol. The zero-order valence-electron chi connectivity index (χ0n) is 14.9. The first-order chi connectivity index (χ1) is 13.1. The molecule has 1 amide bonds. The summed E-state index contributed by atoms with van der Waals surface area (Å²) in [4.78, 5) is 17.1. The Morgan fingerprint density at radius 3 is 2.63 bits per heavy atom. The molecule has 3 aromatic rings. The van der Waals surface area contributed by atoms with E-state index in [0.29, 0.717) is 22.3 Å². The molecule has 0 bridgehead atoms. The highest BCUT2D eigenvalue weighted by Crippen LogP contribution is 2.43. The number of halogens is 1. The first-order valence-electron chi connectivity index (χ1n) is 8.46. The van der Waals surface area contributed by atoms with Crippen LogP contribution in [0.2, 0.25) is 5.02 Å². The van der Waals surface area contributed by atoms with E-state index in [-0.39, 0.29) is 18.2 Å². The maximum atomic E-state index is 12.5. The number of ether oxygens (including phenoxy) is 2. The van der Waals surface area contributed by atoms with Crippen LogP contribution < -0.4 is 14.8 Å². The van der Waals surface area contributed by atoms with Gasteiger partial charge < -0.3 is 14.8 Å². The third-order valence-corrected chi connectivity index (χ3v) is 4.94. The number of rotatable bonds is 4. The molecule has 0 saturated carbocycles. The number of amides is 1. The highest BCUT2D eigenvalue weighted by molar-refractivity contribution is 6.30. The second kappa shape index (κ2) is 6.96. The standard InChI is InChI=1S/C20H18ClN3O3/c1-26-16-5-3-4-14(19(16)27-2)15-10-17(25)23-20-18(15)22-11-24(20)13-8-6-12(21)7-9-13/h3-9,11,15H,10H2,1-2H3,(H,23,25)/t15-/m0/s1. The number of hydrogen-bond donors (Lipinski definition) is 1. The van der Waals surface area contributed by atoms with Crippen LogP contribution in [0.25, 0.3) is 5.69 Å². The van der Waals surface area contributed by atoms with E-state index in [4.69, 9.17) is 21.1 Å². The Bertz CT molecular complexity index is 998. The van der Waals surface area contributed by atoms with E-state index in [0.717, 1.165) is 16.9 Å². The second-order valence-corrected chi connectivity index (χ2v) is 6.65. The third-order valence-electron chi connectivity index (χ3n) is 4.69. The Labute approximate surface area is 161 Å². The van der Waals surface area contributed by atoms with Crippen LogP contribution in [0.1, 0.15) is 23.6 Å². The minimum atomic E-state index is -0.229. The zero-order valence-corrected chi connectivity index (χ0v) is 15.7. The maximum absolute atomic E-state index is 12.5. The SMILES string of the molecule is COc1cccc([C@@H]2CC(=O)Nc3c2ncn3-c2ccc(Cl)cc2)c1OC. The number of anilines is 1. The fourth-order valence-corrected chi connectivity index (χ4v) is 3.57. The van der Waals surface area contributed by atoms with Crippen LogP contribution in [0.3, 0.4) is 0 Å². The van der Waals surface area contributed by atoms with Crippen molar-refractivity contribution in [2.45, 2.75) is 12.3 Å². The average Bonchev–Trinajstić information content (AvgIpc) is 3.11. The monoisotopic (exact) mass is 383 g/mol. The van der Waals surface area contributed by atoms with E-state index in [1.165, 1.54) is 0 Å². The highest BCUT2D eigenvalue weighted by Gasteiger charge is 2.33. The Balaban J connectivity index is 1.84. The van der Waals surface area contributed by atoms with Gasteiger partial charge in [-0.25, -0.2) is 4.98 Å². The van der Waals surface area contributed by atoms with Crippen molar-refractivity contribution >= 4 is 23.3 Å². The Hall–Kier alpha value is -2.99. The maximum Gasteiger partial charge on any atom is 0.226 e. The second-order valence-electron chi connectivity index (χ2n) is 6.21. The highest BCUT2D eigenvalue weighted by atomic mass is 35.5. The van der Waals surface area contributed by atoms with Crippen LogP contribution >= 0.6 is 11.6 Å². The smallest absolute Gasteiger partial charge is 0.226 e. The lowest BCUT2D eigenvalue weighted by molar-refractivity contribution is -0.116. The number of fused-ring (bicyclic) bond motifs is 1. The fraction of sp³-hybridized carbons (Fsp3) is 0.200. The normalized spacial score (nSPS) is 15.8. The van der Waals surface area contributed by atoms with Crippen molar-refractivity contribution in [1.82, 2.24) is 9.55 Å². The molecule has 7 heteroatoms. The molecule has 0 fully saturated rings. The van der Waals surface area contributed by atoms with E-state index in [1.54, 1.807) is 32.7 Å². The van der Waals surface area contributed by atoms with Crippen LogP contribution in [-0.2, 0) is 4.79 Å². The summed E-state index contributed by atoms with van der Waals surface area (Å²) >= 11 is 5.98. The van der Waals surface area contributed by atoms with Crippen molar-refractivity contribution in [3.63, 3.8) is 0 Å². The van der Waals surface area contributed by atoms with Crippen LogP contribution in [0.15, 0.2) is 48.8 Å². The molecule has 2 aromatic carbocycles. The lowest BCUT2D eigenvalue weighted by atomic mass is 9.89. The van der Waals surface area contributed by atoms with E-state index in [2.05, 4.69) is 10.3 Å². The molecule has 4 rings (SSSR count). The van der Waals surface area contributed by atoms with Crippen molar-refractivity contribution in [2.24, 2.45) is 0 Å². The van der Waals surface area contributed by atoms with Crippen molar-refractivity contribution in [3.8, 4) is 17.2 Å². The number of aromatic nitrogens is 2. The number of imidazole rings is 1. The van der Waals surface area contributed by atoms with Crippen LogP contribution in [-0.4, -0.2) is 29.7 Å². The Morgan fingerprint density at radius 1 is 1.15 bits per heavy atom. The van der Waals surface area contributed by atoms with E-state index < -0.39 is 0 Å². The first-order valence-corrected chi connectivity index (χ1v) is 8.84. The van der Waals surface area contributed by atoms with Gasteiger partial charge in [-0.3, -0.25) is 9.36 Å². The average molecular weight is 384 g/mol. The number of methoxy groups -OCH3 is 2. The number of nitrogens with zero attached hydrogens (tertiary/aromatic N) is 2. The molecule has 1 aliphatic rings. The Kier molecular flexibility index (Phi) is 4.49. The van der Waals surface area contributed by atoms with E-state index in [1.807, 2.05) is 34.9 Å². The number of hydrogen-bond acceptors (Lipinski definition) is 4. The molecule has 138 valence electrons. The topological polar surface area (TPSA) is 65.4 Å². The molecule has 0 unspecified atom stereocenters. The van der Waals surface area contributed by atoms with Crippen molar-refractivity contribution < 1.29 is 14.3 Å². The number of carbonyl (C=O) groups excluding carboxylic acids is 1. The van der Waals surface area contributed by atoms with E-state index in [9.17, 15) is 4.79 Å². The molecule has 27 heavy (non-hydrogen) atoms. The molecule has 6 nitrogen and oxygen atoms in total. The summed E-state index contributed by atoms with van der Waals surface area (Å²) in [5.41, 5.74) is 2.53. The van der Waals surface area contributed by atoms with Crippen LogP contribution in [0.4, 0.5) is 5.82 Å². The summed E-state index contributed by atoms with van der Waals surface area (Å²) in [6, 6.07) is 13.0. The molecule has 2 heterocycles.